The van der Waals surface area contributed by atoms with Crippen LogP contribution in [0.4, 0.5) is 5.82 Å². The first kappa shape index (κ1) is 18.3. The van der Waals surface area contributed by atoms with E-state index in [1.54, 1.807) is 24.5 Å². The lowest BCUT2D eigenvalue weighted by molar-refractivity contribution is 0.0769. The van der Waals surface area contributed by atoms with Gasteiger partial charge in [-0.25, -0.2) is 15.0 Å². The Labute approximate surface area is 154 Å². The van der Waals surface area contributed by atoms with Gasteiger partial charge in [0.15, 0.2) is 0 Å². The third-order valence-electron chi connectivity index (χ3n) is 4.96. The zero-order valence-electron chi connectivity index (χ0n) is 15.9. The molecule has 1 amide bonds. The van der Waals surface area contributed by atoms with E-state index in [1.807, 2.05) is 25.3 Å². The third kappa shape index (κ3) is 3.55. The maximum atomic E-state index is 12.9. The molecule has 1 atom stereocenters. The highest BCUT2D eigenvalue weighted by atomic mass is 16.2. The van der Waals surface area contributed by atoms with Crippen molar-refractivity contribution >= 4 is 11.7 Å². The normalized spacial score (nSPS) is 17.0. The van der Waals surface area contributed by atoms with Crippen molar-refractivity contribution in [2.75, 3.05) is 25.0 Å². The zero-order valence-corrected chi connectivity index (χ0v) is 15.9. The average Bonchev–Trinajstić information content (AvgIpc) is 3.25. The van der Waals surface area contributed by atoms with E-state index < -0.39 is 0 Å². The molecule has 3 heterocycles. The molecule has 2 aromatic rings. The van der Waals surface area contributed by atoms with Gasteiger partial charge in [-0.15, -0.1) is 0 Å². The van der Waals surface area contributed by atoms with Gasteiger partial charge >= 0.3 is 0 Å². The summed E-state index contributed by atoms with van der Waals surface area (Å²) in [5.74, 6) is 0.858. The van der Waals surface area contributed by atoms with Gasteiger partial charge in [-0.05, 0) is 27.2 Å². The van der Waals surface area contributed by atoms with Crippen LogP contribution in [0, 0.1) is 13.8 Å². The summed E-state index contributed by atoms with van der Waals surface area (Å²) in [5, 5.41) is 0. The van der Waals surface area contributed by atoms with Crippen LogP contribution in [-0.2, 0) is 13.1 Å². The molecule has 0 spiro atoms. The van der Waals surface area contributed by atoms with Crippen LogP contribution in [-0.4, -0.2) is 56.5 Å². The lowest BCUT2D eigenvalue weighted by Gasteiger charge is -2.22. The highest BCUT2D eigenvalue weighted by Crippen LogP contribution is 2.23. The molecule has 26 heavy (non-hydrogen) atoms. The number of amides is 1. The number of nitrogens with two attached hydrogens (primary N) is 1. The first-order chi connectivity index (χ1) is 12.4. The van der Waals surface area contributed by atoms with Crippen LogP contribution in [0.1, 0.15) is 40.9 Å². The maximum Gasteiger partial charge on any atom is 0.291 e. The van der Waals surface area contributed by atoms with Gasteiger partial charge in [0.2, 0.25) is 5.82 Å². The molecule has 1 aliphatic heterocycles. The van der Waals surface area contributed by atoms with Crippen molar-refractivity contribution in [3.05, 3.63) is 35.3 Å². The molecule has 2 N–H and O–H groups in total. The molecule has 0 radical (unpaired) electrons. The second kappa shape index (κ2) is 7.41. The SMILES string of the molecule is CCn1cncc1CN(C)C(=O)c1nc(C)c(C)c(N2CC[C@@H](N)C2)n1. The Hall–Kier alpha value is -2.48. The van der Waals surface area contributed by atoms with Gasteiger partial charge in [0, 0.05) is 50.2 Å². The molecule has 1 saturated heterocycles. The summed E-state index contributed by atoms with van der Waals surface area (Å²) in [6, 6.07) is 0.154. The molecule has 8 heteroatoms. The Morgan fingerprint density at radius 1 is 1.38 bits per heavy atom. The van der Waals surface area contributed by atoms with E-state index in [-0.39, 0.29) is 17.8 Å². The minimum Gasteiger partial charge on any atom is -0.355 e. The fraction of sp³-hybridized carbons (Fsp3) is 0.556. The molecular weight excluding hydrogens is 330 g/mol. The van der Waals surface area contributed by atoms with Crippen LogP contribution in [0.2, 0.25) is 0 Å². The van der Waals surface area contributed by atoms with Gasteiger partial charge in [0.1, 0.15) is 5.82 Å². The van der Waals surface area contributed by atoms with Crippen molar-refractivity contribution in [2.24, 2.45) is 5.73 Å². The average molecular weight is 357 g/mol. The van der Waals surface area contributed by atoms with E-state index in [4.69, 9.17) is 5.73 Å². The lowest BCUT2D eigenvalue weighted by Crippen LogP contribution is -2.31. The fourth-order valence-electron chi connectivity index (χ4n) is 3.25. The molecule has 0 bridgehead atoms. The van der Waals surface area contributed by atoms with E-state index in [0.29, 0.717) is 6.54 Å². The monoisotopic (exact) mass is 357 g/mol. The number of nitrogens with zero attached hydrogens (tertiary/aromatic N) is 6. The predicted octanol–water partition coefficient (Wildman–Crippen LogP) is 1.12. The lowest BCUT2D eigenvalue weighted by atomic mass is 10.2. The van der Waals surface area contributed by atoms with Crippen molar-refractivity contribution in [1.82, 2.24) is 24.4 Å². The van der Waals surface area contributed by atoms with E-state index in [9.17, 15) is 4.79 Å². The number of aryl methyl sites for hydroxylation is 2. The summed E-state index contributed by atoms with van der Waals surface area (Å²) in [5.41, 5.74) is 8.84. The van der Waals surface area contributed by atoms with Crippen LogP contribution >= 0.6 is 0 Å². The summed E-state index contributed by atoms with van der Waals surface area (Å²) in [6.45, 7) is 8.86. The Morgan fingerprint density at radius 3 is 2.81 bits per heavy atom. The van der Waals surface area contributed by atoms with Gasteiger partial charge in [0.05, 0.1) is 18.6 Å². The number of aromatic nitrogens is 4. The van der Waals surface area contributed by atoms with Crippen LogP contribution < -0.4 is 10.6 Å². The summed E-state index contributed by atoms with van der Waals surface area (Å²) >= 11 is 0. The number of rotatable bonds is 5. The Kier molecular flexibility index (Phi) is 5.22. The van der Waals surface area contributed by atoms with Gasteiger partial charge < -0.3 is 20.1 Å². The minimum atomic E-state index is -0.193. The topological polar surface area (TPSA) is 93.2 Å². The van der Waals surface area contributed by atoms with E-state index in [0.717, 1.165) is 48.8 Å². The molecule has 140 valence electrons. The molecular formula is C18H27N7O. The maximum absolute atomic E-state index is 12.9. The van der Waals surface area contributed by atoms with Crippen LogP contribution in [0.3, 0.4) is 0 Å². The fourth-order valence-corrected chi connectivity index (χ4v) is 3.25. The van der Waals surface area contributed by atoms with E-state index >= 15 is 0 Å². The van der Waals surface area contributed by atoms with Crippen molar-refractivity contribution in [3.8, 4) is 0 Å². The number of carbonyl (C=O) groups excluding carboxylic acids is 1. The predicted molar refractivity (Wildman–Crippen MR) is 100 cm³/mol. The molecule has 1 fully saturated rings. The first-order valence-corrected chi connectivity index (χ1v) is 9.01. The number of carbonyl (C=O) groups is 1. The number of anilines is 1. The van der Waals surface area contributed by atoms with Crippen molar-refractivity contribution < 1.29 is 4.79 Å². The van der Waals surface area contributed by atoms with Crippen molar-refractivity contribution in [1.29, 1.82) is 0 Å². The smallest absolute Gasteiger partial charge is 0.291 e. The van der Waals surface area contributed by atoms with Crippen LogP contribution in [0.15, 0.2) is 12.5 Å². The van der Waals surface area contributed by atoms with Crippen molar-refractivity contribution in [2.45, 2.75) is 46.3 Å². The van der Waals surface area contributed by atoms with Gasteiger partial charge in [-0.2, -0.15) is 0 Å². The molecule has 2 aromatic heterocycles. The van der Waals surface area contributed by atoms with E-state index in [1.165, 1.54) is 0 Å². The highest BCUT2D eigenvalue weighted by molar-refractivity contribution is 5.90. The van der Waals surface area contributed by atoms with Gasteiger partial charge in [-0.3, -0.25) is 4.79 Å². The number of imidazole rings is 1. The zero-order chi connectivity index (χ0) is 18.8. The van der Waals surface area contributed by atoms with Crippen LogP contribution in [0.25, 0.3) is 0 Å². The largest absolute Gasteiger partial charge is 0.355 e. The van der Waals surface area contributed by atoms with Crippen molar-refractivity contribution in [3.63, 3.8) is 0 Å². The molecule has 3 rings (SSSR count). The summed E-state index contributed by atoms with van der Waals surface area (Å²) < 4.78 is 2.02. The van der Waals surface area contributed by atoms with Gasteiger partial charge in [0.25, 0.3) is 5.91 Å². The molecule has 0 saturated carbocycles. The highest BCUT2D eigenvalue weighted by Gasteiger charge is 2.25. The van der Waals surface area contributed by atoms with E-state index in [2.05, 4.69) is 19.9 Å². The number of hydrogen-bond donors (Lipinski definition) is 1. The Balaban J connectivity index is 1.83. The standard InChI is InChI=1S/C18H27N7O/c1-5-24-11-20-8-15(24)10-23(4)18(26)16-21-13(3)12(2)17(22-16)25-7-6-14(19)9-25/h8,11,14H,5-7,9-10,19H2,1-4H3/t14-/m1/s1. The number of hydrogen-bond acceptors (Lipinski definition) is 6. The third-order valence-corrected chi connectivity index (χ3v) is 4.96. The first-order valence-electron chi connectivity index (χ1n) is 9.01. The molecule has 0 unspecified atom stereocenters. The van der Waals surface area contributed by atoms with Crippen LogP contribution in [0.5, 0.6) is 0 Å². The summed E-state index contributed by atoms with van der Waals surface area (Å²) in [4.78, 5) is 29.9. The molecule has 0 aromatic carbocycles. The summed E-state index contributed by atoms with van der Waals surface area (Å²) in [7, 11) is 1.76. The Bertz CT molecular complexity index is 801. The van der Waals surface area contributed by atoms with Gasteiger partial charge in [-0.1, -0.05) is 0 Å². The Morgan fingerprint density at radius 2 is 2.15 bits per heavy atom. The molecule has 8 nitrogen and oxygen atoms in total. The minimum absolute atomic E-state index is 0.154. The molecule has 0 aliphatic carbocycles. The summed E-state index contributed by atoms with van der Waals surface area (Å²) in [6.07, 6.45) is 4.49. The second-order valence-electron chi connectivity index (χ2n) is 6.91. The molecule has 1 aliphatic rings. The quantitative estimate of drug-likeness (QED) is 0.862. The second-order valence-corrected chi connectivity index (χ2v) is 6.91.